The molecule has 1 rings (SSSR count). The van der Waals surface area contributed by atoms with Gasteiger partial charge in [-0.1, -0.05) is 23.4 Å². The van der Waals surface area contributed by atoms with Crippen LogP contribution in [0.5, 0.6) is 0 Å². The van der Waals surface area contributed by atoms with Crippen LogP contribution in [0.1, 0.15) is 25.8 Å². The highest BCUT2D eigenvalue weighted by Crippen LogP contribution is 2.22. The van der Waals surface area contributed by atoms with E-state index < -0.39 is 10.0 Å². The molecule has 0 saturated carbocycles. The van der Waals surface area contributed by atoms with Crippen LogP contribution in [0.2, 0.25) is 5.02 Å². The Kier molecular flexibility index (Phi) is 5.83. The lowest BCUT2D eigenvalue weighted by Crippen LogP contribution is -2.30. The van der Waals surface area contributed by atoms with Crippen LogP contribution in [0, 0.1) is 11.8 Å². The molecule has 0 spiro atoms. The second kappa shape index (κ2) is 6.92. The van der Waals surface area contributed by atoms with Gasteiger partial charge in [-0.3, -0.25) is 0 Å². The lowest BCUT2D eigenvalue weighted by atomic mass is 10.2. The molecule has 6 heteroatoms. The maximum Gasteiger partial charge on any atom is 0.242 e. The van der Waals surface area contributed by atoms with Gasteiger partial charge in [-0.05, 0) is 32.0 Å². The third-order valence-corrected chi connectivity index (χ3v) is 4.22. The Hall–Kier alpha value is -1.06. The van der Waals surface area contributed by atoms with E-state index in [0.717, 1.165) is 0 Å². The van der Waals surface area contributed by atoms with E-state index in [2.05, 4.69) is 16.6 Å². The van der Waals surface area contributed by atoms with E-state index in [9.17, 15) is 8.42 Å². The van der Waals surface area contributed by atoms with Gasteiger partial charge in [0.1, 0.15) is 4.90 Å². The molecule has 0 unspecified atom stereocenters. The van der Waals surface area contributed by atoms with E-state index in [4.69, 9.17) is 16.7 Å². The Morgan fingerprint density at radius 1 is 1.42 bits per heavy atom. The molecule has 1 aromatic rings. The summed E-state index contributed by atoms with van der Waals surface area (Å²) < 4.78 is 26.4. The van der Waals surface area contributed by atoms with Crippen LogP contribution >= 0.6 is 11.6 Å². The monoisotopic (exact) mass is 301 g/mol. The summed E-state index contributed by atoms with van der Waals surface area (Å²) in [5.41, 5.74) is 0.613. The molecule has 0 bridgehead atoms. The molecule has 0 amide bonds. The van der Waals surface area contributed by atoms with Crippen LogP contribution in [0.25, 0.3) is 0 Å². The second-order valence-electron chi connectivity index (χ2n) is 4.20. The molecule has 19 heavy (non-hydrogen) atoms. The van der Waals surface area contributed by atoms with Gasteiger partial charge < -0.3 is 5.11 Å². The van der Waals surface area contributed by atoms with Crippen molar-refractivity contribution in [2.24, 2.45) is 0 Å². The average molecular weight is 302 g/mol. The molecular formula is C13H16ClNO3S. The summed E-state index contributed by atoms with van der Waals surface area (Å²) >= 11 is 5.97. The molecule has 0 radical (unpaired) electrons. The number of aliphatic hydroxyl groups excluding tert-OH is 1. The number of aliphatic hydroxyl groups is 1. The number of sulfonamides is 1. The van der Waals surface area contributed by atoms with Crippen molar-refractivity contribution in [2.45, 2.75) is 31.2 Å². The summed E-state index contributed by atoms with van der Waals surface area (Å²) in [4.78, 5) is 0.0376. The van der Waals surface area contributed by atoms with E-state index in [1.807, 2.05) is 0 Å². The summed E-state index contributed by atoms with van der Waals surface area (Å²) in [6.07, 6.45) is 0.368. The van der Waals surface area contributed by atoms with Crippen LogP contribution in [0.3, 0.4) is 0 Å². The Labute approximate surface area is 118 Å². The van der Waals surface area contributed by atoms with Crippen molar-refractivity contribution in [2.75, 3.05) is 6.61 Å². The molecular weight excluding hydrogens is 286 g/mol. The second-order valence-corrected chi connectivity index (χ2v) is 6.29. The number of benzene rings is 1. The van der Waals surface area contributed by atoms with Crippen molar-refractivity contribution in [3.8, 4) is 11.8 Å². The third kappa shape index (κ3) is 4.84. The lowest BCUT2D eigenvalue weighted by molar-refractivity contribution is 0.305. The van der Waals surface area contributed by atoms with Crippen molar-refractivity contribution < 1.29 is 13.5 Å². The van der Waals surface area contributed by atoms with Crippen molar-refractivity contribution in [3.63, 3.8) is 0 Å². The normalized spacial score (nSPS) is 11.2. The Morgan fingerprint density at radius 2 is 2.11 bits per heavy atom. The molecule has 2 N–H and O–H groups in total. The van der Waals surface area contributed by atoms with E-state index >= 15 is 0 Å². The molecule has 104 valence electrons. The minimum atomic E-state index is -3.60. The molecule has 0 aliphatic rings. The molecule has 0 aromatic heterocycles. The van der Waals surface area contributed by atoms with E-state index in [1.165, 1.54) is 12.1 Å². The highest BCUT2D eigenvalue weighted by Gasteiger charge is 2.18. The summed E-state index contributed by atoms with van der Waals surface area (Å²) in [5, 5.41) is 8.75. The van der Waals surface area contributed by atoms with Crippen LogP contribution in [-0.2, 0) is 10.0 Å². The van der Waals surface area contributed by atoms with Crippen molar-refractivity contribution in [1.29, 1.82) is 0 Å². The molecule has 1 aromatic carbocycles. The Balaban J connectivity index is 3.05. The molecule has 0 atom stereocenters. The van der Waals surface area contributed by atoms with Gasteiger partial charge in [0.15, 0.2) is 0 Å². The van der Waals surface area contributed by atoms with Crippen LogP contribution in [0.15, 0.2) is 23.1 Å². The first kappa shape index (κ1) is 16.0. The van der Waals surface area contributed by atoms with Crippen LogP contribution in [0.4, 0.5) is 0 Å². The molecule has 0 heterocycles. The minimum Gasteiger partial charge on any atom is -0.395 e. The molecule has 0 aliphatic carbocycles. The number of hydrogen-bond acceptors (Lipinski definition) is 3. The fourth-order valence-electron chi connectivity index (χ4n) is 1.39. The SMILES string of the molecule is CC(C)NS(=O)(=O)c1ccc(C#CCCO)cc1Cl. The molecule has 0 aliphatic heterocycles. The quantitative estimate of drug-likeness (QED) is 0.833. The zero-order valence-electron chi connectivity index (χ0n) is 10.8. The van der Waals surface area contributed by atoms with Crippen molar-refractivity contribution in [1.82, 2.24) is 4.72 Å². The summed E-state index contributed by atoms with van der Waals surface area (Å²) in [6, 6.07) is 4.31. The van der Waals surface area contributed by atoms with Gasteiger partial charge in [-0.25, -0.2) is 13.1 Å². The number of hydrogen-bond donors (Lipinski definition) is 2. The third-order valence-electron chi connectivity index (χ3n) is 2.08. The summed E-state index contributed by atoms with van der Waals surface area (Å²) in [6.45, 7) is 3.46. The van der Waals surface area contributed by atoms with Crippen molar-refractivity contribution >= 4 is 21.6 Å². The highest BCUT2D eigenvalue weighted by atomic mass is 35.5. The van der Waals surface area contributed by atoms with Crippen LogP contribution < -0.4 is 4.72 Å². The maximum atomic E-state index is 12.0. The zero-order chi connectivity index (χ0) is 14.5. The topological polar surface area (TPSA) is 66.4 Å². The van der Waals surface area contributed by atoms with Gasteiger partial charge in [0.25, 0.3) is 0 Å². The summed E-state index contributed by atoms with van der Waals surface area (Å²) in [5.74, 6) is 5.54. The minimum absolute atomic E-state index is 0.00843. The molecule has 4 nitrogen and oxygen atoms in total. The van der Waals surface area contributed by atoms with E-state index in [0.29, 0.717) is 12.0 Å². The Bertz CT molecular complexity index is 600. The first-order valence-electron chi connectivity index (χ1n) is 5.78. The molecule has 0 fully saturated rings. The van der Waals surface area contributed by atoms with Gasteiger partial charge in [0.2, 0.25) is 10.0 Å². The fraction of sp³-hybridized carbons (Fsp3) is 0.385. The van der Waals surface area contributed by atoms with Gasteiger partial charge in [0, 0.05) is 18.0 Å². The van der Waals surface area contributed by atoms with Gasteiger partial charge >= 0.3 is 0 Å². The highest BCUT2D eigenvalue weighted by molar-refractivity contribution is 7.89. The Morgan fingerprint density at radius 3 is 2.63 bits per heavy atom. The number of halogens is 1. The predicted molar refractivity (Wildman–Crippen MR) is 75.5 cm³/mol. The fourth-order valence-corrected chi connectivity index (χ4v) is 3.19. The van der Waals surface area contributed by atoms with E-state index in [1.54, 1.807) is 19.9 Å². The van der Waals surface area contributed by atoms with Crippen molar-refractivity contribution in [3.05, 3.63) is 28.8 Å². The zero-order valence-corrected chi connectivity index (χ0v) is 12.3. The first-order chi connectivity index (χ1) is 8.86. The predicted octanol–water partition coefficient (Wildman–Crippen LogP) is 1.76. The first-order valence-corrected chi connectivity index (χ1v) is 7.64. The van der Waals surface area contributed by atoms with Gasteiger partial charge in [-0.2, -0.15) is 0 Å². The van der Waals surface area contributed by atoms with E-state index in [-0.39, 0.29) is 22.6 Å². The van der Waals surface area contributed by atoms with Gasteiger partial charge in [-0.15, -0.1) is 0 Å². The lowest BCUT2D eigenvalue weighted by Gasteiger charge is -2.10. The average Bonchev–Trinajstić information content (AvgIpc) is 2.27. The number of rotatable bonds is 4. The largest absolute Gasteiger partial charge is 0.395 e. The molecule has 0 saturated heterocycles. The number of nitrogens with one attached hydrogen (secondary N) is 1. The maximum absolute atomic E-state index is 12.0. The summed E-state index contributed by atoms with van der Waals surface area (Å²) in [7, 11) is -3.60. The standard InChI is InChI=1S/C13H16ClNO3S/c1-10(2)15-19(17,18)13-7-6-11(9-12(13)14)5-3-4-8-16/h6-7,9-10,15-16H,4,8H2,1-2H3. The smallest absolute Gasteiger partial charge is 0.242 e. The van der Waals surface area contributed by atoms with Crippen LogP contribution in [-0.4, -0.2) is 26.2 Å². The van der Waals surface area contributed by atoms with Gasteiger partial charge in [0.05, 0.1) is 11.6 Å².